The van der Waals surface area contributed by atoms with Crippen LogP contribution in [0.3, 0.4) is 0 Å². The molecule has 1 aliphatic heterocycles. The van der Waals surface area contributed by atoms with Crippen LogP contribution in [0.15, 0.2) is 64.0 Å². The SMILES string of the molecule is C[C@@H]1CN(C(=O)COc2ccc3c(=O)c(-c4ccccc4)coc3c2)C[C@H](C)O1. The van der Waals surface area contributed by atoms with Gasteiger partial charge in [0.05, 0.1) is 23.2 Å². The van der Waals surface area contributed by atoms with Crippen molar-refractivity contribution in [3.8, 4) is 16.9 Å². The molecule has 0 saturated carbocycles. The minimum atomic E-state index is -0.101. The van der Waals surface area contributed by atoms with Crippen molar-refractivity contribution in [2.75, 3.05) is 19.7 Å². The van der Waals surface area contributed by atoms with E-state index >= 15 is 0 Å². The Kier molecular flexibility index (Phi) is 5.36. The number of ether oxygens (including phenoxy) is 2. The van der Waals surface area contributed by atoms with Crippen LogP contribution in [-0.4, -0.2) is 42.7 Å². The molecule has 2 atom stereocenters. The smallest absolute Gasteiger partial charge is 0.260 e. The van der Waals surface area contributed by atoms with Gasteiger partial charge >= 0.3 is 0 Å². The predicted molar refractivity (Wildman–Crippen MR) is 110 cm³/mol. The molecule has 2 heterocycles. The van der Waals surface area contributed by atoms with Crippen molar-refractivity contribution >= 4 is 16.9 Å². The van der Waals surface area contributed by atoms with Crippen molar-refractivity contribution in [1.29, 1.82) is 0 Å². The highest BCUT2D eigenvalue weighted by Gasteiger charge is 2.26. The topological polar surface area (TPSA) is 69.0 Å². The molecule has 150 valence electrons. The molecule has 4 rings (SSSR count). The molecule has 0 aliphatic carbocycles. The van der Waals surface area contributed by atoms with E-state index in [2.05, 4.69) is 0 Å². The third-order valence-corrected chi connectivity index (χ3v) is 4.97. The third kappa shape index (κ3) is 4.17. The average molecular weight is 393 g/mol. The summed E-state index contributed by atoms with van der Waals surface area (Å²) in [5, 5.41) is 0.473. The summed E-state index contributed by atoms with van der Waals surface area (Å²) >= 11 is 0. The molecule has 0 radical (unpaired) electrons. The van der Waals surface area contributed by atoms with E-state index in [0.717, 1.165) is 5.56 Å². The highest BCUT2D eigenvalue weighted by Crippen LogP contribution is 2.23. The number of benzene rings is 2. The lowest BCUT2D eigenvalue weighted by Gasteiger charge is -2.35. The average Bonchev–Trinajstić information content (AvgIpc) is 2.72. The Hall–Kier alpha value is -3.12. The molecule has 0 N–H and O–H groups in total. The van der Waals surface area contributed by atoms with Crippen molar-refractivity contribution in [2.24, 2.45) is 0 Å². The Bertz CT molecular complexity index is 1070. The van der Waals surface area contributed by atoms with Crippen LogP contribution in [0.5, 0.6) is 5.75 Å². The predicted octanol–water partition coefficient (Wildman–Crippen LogP) is 3.47. The molecule has 1 amide bonds. The Morgan fingerprint density at radius 1 is 1.10 bits per heavy atom. The zero-order valence-corrected chi connectivity index (χ0v) is 16.5. The Labute approximate surface area is 168 Å². The van der Waals surface area contributed by atoms with Crippen molar-refractivity contribution in [1.82, 2.24) is 4.90 Å². The maximum absolute atomic E-state index is 12.8. The van der Waals surface area contributed by atoms with E-state index in [1.807, 2.05) is 44.2 Å². The van der Waals surface area contributed by atoms with Gasteiger partial charge in [-0.3, -0.25) is 9.59 Å². The number of hydrogen-bond donors (Lipinski definition) is 0. The first kappa shape index (κ1) is 19.2. The standard InChI is InChI=1S/C23H23NO5/c1-15-11-24(12-16(2)29-15)22(25)14-27-18-8-9-19-21(10-18)28-13-20(23(19)26)17-6-4-3-5-7-17/h3-10,13,15-16H,11-12,14H2,1-2H3/t15-,16+. The van der Waals surface area contributed by atoms with Gasteiger partial charge in [-0.05, 0) is 31.5 Å². The maximum atomic E-state index is 12.8. The van der Waals surface area contributed by atoms with Gasteiger partial charge in [-0.1, -0.05) is 30.3 Å². The molecule has 6 nitrogen and oxygen atoms in total. The molecule has 0 unspecified atom stereocenters. The Balaban J connectivity index is 1.49. The van der Waals surface area contributed by atoms with Gasteiger partial charge in [0.25, 0.3) is 5.91 Å². The summed E-state index contributed by atoms with van der Waals surface area (Å²) in [6.45, 7) is 4.94. The number of carbonyl (C=O) groups is 1. The molecule has 6 heteroatoms. The highest BCUT2D eigenvalue weighted by atomic mass is 16.5. The van der Waals surface area contributed by atoms with Crippen LogP contribution in [0.2, 0.25) is 0 Å². The maximum Gasteiger partial charge on any atom is 0.260 e. The first-order valence-corrected chi connectivity index (χ1v) is 9.68. The number of carbonyl (C=O) groups excluding carboxylic acids is 1. The fourth-order valence-corrected chi connectivity index (χ4v) is 3.63. The lowest BCUT2D eigenvalue weighted by Crippen LogP contribution is -2.49. The van der Waals surface area contributed by atoms with E-state index in [1.54, 1.807) is 23.1 Å². The number of amides is 1. The van der Waals surface area contributed by atoms with Gasteiger partial charge in [0.15, 0.2) is 12.0 Å². The summed E-state index contributed by atoms with van der Waals surface area (Å²) in [5.41, 5.74) is 1.64. The van der Waals surface area contributed by atoms with E-state index in [0.29, 0.717) is 35.4 Å². The molecule has 29 heavy (non-hydrogen) atoms. The molecule has 0 spiro atoms. The van der Waals surface area contributed by atoms with Crippen molar-refractivity contribution < 1.29 is 18.7 Å². The number of rotatable bonds is 4. The van der Waals surface area contributed by atoms with Gasteiger partial charge in [-0.2, -0.15) is 0 Å². The minimum absolute atomic E-state index is 0.0106. The zero-order chi connectivity index (χ0) is 20.4. The summed E-state index contributed by atoms with van der Waals surface area (Å²) in [5.74, 6) is 0.392. The van der Waals surface area contributed by atoms with E-state index in [1.165, 1.54) is 6.26 Å². The van der Waals surface area contributed by atoms with Crippen LogP contribution in [-0.2, 0) is 9.53 Å². The Morgan fingerprint density at radius 2 is 1.83 bits per heavy atom. The fourth-order valence-electron chi connectivity index (χ4n) is 3.63. The van der Waals surface area contributed by atoms with E-state index < -0.39 is 0 Å². The van der Waals surface area contributed by atoms with Gasteiger partial charge in [-0.15, -0.1) is 0 Å². The monoisotopic (exact) mass is 393 g/mol. The minimum Gasteiger partial charge on any atom is -0.484 e. The molecule has 0 bridgehead atoms. The van der Waals surface area contributed by atoms with Crippen LogP contribution in [0.4, 0.5) is 0 Å². The molecule has 2 aromatic carbocycles. The fraction of sp³-hybridized carbons (Fsp3) is 0.304. The lowest BCUT2D eigenvalue weighted by atomic mass is 10.1. The summed E-state index contributed by atoms with van der Waals surface area (Å²) < 4.78 is 17.0. The second-order valence-electron chi connectivity index (χ2n) is 7.35. The second kappa shape index (κ2) is 8.09. The molecular weight excluding hydrogens is 370 g/mol. The molecule has 1 aromatic heterocycles. The number of morpholine rings is 1. The van der Waals surface area contributed by atoms with Crippen LogP contribution < -0.4 is 10.2 Å². The van der Waals surface area contributed by atoms with Crippen LogP contribution >= 0.6 is 0 Å². The van der Waals surface area contributed by atoms with Gasteiger partial charge in [0, 0.05) is 19.2 Å². The lowest BCUT2D eigenvalue weighted by molar-refractivity contribution is -0.145. The normalized spacial score (nSPS) is 19.3. The molecule has 1 aliphatic rings. The molecule has 3 aromatic rings. The third-order valence-electron chi connectivity index (χ3n) is 4.97. The molecule has 1 saturated heterocycles. The molecular formula is C23H23NO5. The summed E-state index contributed by atoms with van der Waals surface area (Å²) in [6, 6.07) is 14.4. The van der Waals surface area contributed by atoms with E-state index in [4.69, 9.17) is 13.9 Å². The molecule has 1 fully saturated rings. The van der Waals surface area contributed by atoms with Gasteiger partial charge < -0.3 is 18.8 Å². The van der Waals surface area contributed by atoms with E-state index in [9.17, 15) is 9.59 Å². The quantitative estimate of drug-likeness (QED) is 0.679. The van der Waals surface area contributed by atoms with Crippen molar-refractivity contribution in [3.63, 3.8) is 0 Å². The van der Waals surface area contributed by atoms with Gasteiger partial charge in [0.2, 0.25) is 0 Å². The first-order valence-electron chi connectivity index (χ1n) is 9.68. The highest BCUT2D eigenvalue weighted by molar-refractivity contribution is 5.83. The zero-order valence-electron chi connectivity index (χ0n) is 16.5. The largest absolute Gasteiger partial charge is 0.484 e. The van der Waals surface area contributed by atoms with Gasteiger partial charge in [0.1, 0.15) is 17.6 Å². The second-order valence-corrected chi connectivity index (χ2v) is 7.35. The summed E-state index contributed by atoms with van der Waals surface area (Å²) in [7, 11) is 0. The van der Waals surface area contributed by atoms with Crippen molar-refractivity contribution in [3.05, 3.63) is 65.0 Å². The van der Waals surface area contributed by atoms with Crippen LogP contribution in [0, 0.1) is 0 Å². The van der Waals surface area contributed by atoms with Crippen molar-refractivity contribution in [2.45, 2.75) is 26.1 Å². The van der Waals surface area contributed by atoms with Crippen LogP contribution in [0.1, 0.15) is 13.8 Å². The number of nitrogens with zero attached hydrogens (tertiary/aromatic N) is 1. The Morgan fingerprint density at radius 3 is 2.55 bits per heavy atom. The van der Waals surface area contributed by atoms with E-state index in [-0.39, 0.29) is 30.2 Å². The first-order chi connectivity index (χ1) is 14.0. The summed E-state index contributed by atoms with van der Waals surface area (Å²) in [6.07, 6.45) is 1.48. The number of fused-ring (bicyclic) bond motifs is 1. The van der Waals surface area contributed by atoms with Crippen LogP contribution in [0.25, 0.3) is 22.1 Å². The number of hydrogen-bond acceptors (Lipinski definition) is 5. The van der Waals surface area contributed by atoms with Gasteiger partial charge in [-0.25, -0.2) is 0 Å². The summed E-state index contributed by atoms with van der Waals surface area (Å²) in [4.78, 5) is 27.0.